The average molecular weight is 182 g/mol. The zero-order valence-electron chi connectivity index (χ0n) is 7.14. The molecule has 0 saturated heterocycles. The first kappa shape index (κ1) is 13.9. The SMILES string of the molecule is O.O.c1c[nH]cn1.c1ccccc1. The minimum absolute atomic E-state index is 0. The summed E-state index contributed by atoms with van der Waals surface area (Å²) in [6, 6.07) is 12.0. The lowest BCUT2D eigenvalue weighted by Crippen LogP contribution is -1.47. The molecule has 4 nitrogen and oxygen atoms in total. The summed E-state index contributed by atoms with van der Waals surface area (Å²) in [6.07, 6.45) is 5.08. The highest BCUT2D eigenvalue weighted by Crippen LogP contribution is 1.79. The lowest BCUT2D eigenvalue weighted by Gasteiger charge is -1.69. The molecule has 0 aliphatic carbocycles. The van der Waals surface area contributed by atoms with Gasteiger partial charge in [0.25, 0.3) is 0 Å². The highest BCUT2D eigenvalue weighted by atomic mass is 16.0. The molecule has 0 aliphatic heterocycles. The highest BCUT2D eigenvalue weighted by Gasteiger charge is 1.58. The molecule has 0 saturated carbocycles. The number of rotatable bonds is 0. The summed E-state index contributed by atoms with van der Waals surface area (Å²) in [6.45, 7) is 0. The number of benzene rings is 1. The number of nitrogens with one attached hydrogen (secondary N) is 1. The van der Waals surface area contributed by atoms with Crippen LogP contribution in [0.5, 0.6) is 0 Å². The van der Waals surface area contributed by atoms with Gasteiger partial charge in [-0.2, -0.15) is 0 Å². The Kier molecular flexibility index (Phi) is 11.1. The van der Waals surface area contributed by atoms with Crippen LogP contribution < -0.4 is 0 Å². The third-order valence-electron chi connectivity index (χ3n) is 1.07. The van der Waals surface area contributed by atoms with Crippen LogP contribution in [0.3, 0.4) is 0 Å². The van der Waals surface area contributed by atoms with E-state index in [1.54, 1.807) is 18.7 Å². The van der Waals surface area contributed by atoms with Crippen LogP contribution in [0.15, 0.2) is 55.1 Å². The van der Waals surface area contributed by atoms with E-state index in [1.165, 1.54) is 0 Å². The fourth-order valence-corrected chi connectivity index (χ4v) is 0.600. The van der Waals surface area contributed by atoms with E-state index in [9.17, 15) is 0 Å². The van der Waals surface area contributed by atoms with Crippen molar-refractivity contribution in [3.05, 3.63) is 55.1 Å². The normalized spacial score (nSPS) is 6.77. The molecule has 1 aromatic heterocycles. The van der Waals surface area contributed by atoms with Crippen LogP contribution in [0.1, 0.15) is 0 Å². The van der Waals surface area contributed by atoms with Gasteiger partial charge < -0.3 is 15.9 Å². The van der Waals surface area contributed by atoms with Crippen LogP contribution >= 0.6 is 0 Å². The van der Waals surface area contributed by atoms with Gasteiger partial charge in [-0.05, 0) is 0 Å². The summed E-state index contributed by atoms with van der Waals surface area (Å²) in [7, 11) is 0. The average Bonchev–Trinajstić information content (AvgIpc) is 2.64. The second-order valence-corrected chi connectivity index (χ2v) is 1.92. The number of aromatic amines is 1. The van der Waals surface area contributed by atoms with E-state index in [4.69, 9.17) is 0 Å². The van der Waals surface area contributed by atoms with Gasteiger partial charge >= 0.3 is 0 Å². The zero-order chi connectivity index (χ0) is 7.78. The molecule has 0 unspecified atom stereocenters. The van der Waals surface area contributed by atoms with Crippen LogP contribution in [0, 0.1) is 0 Å². The summed E-state index contributed by atoms with van der Waals surface area (Å²) in [5, 5.41) is 0. The second-order valence-electron chi connectivity index (χ2n) is 1.92. The molecule has 0 spiro atoms. The third-order valence-corrected chi connectivity index (χ3v) is 1.07. The molecule has 13 heavy (non-hydrogen) atoms. The maximum atomic E-state index is 3.67. The number of hydrogen-bond donors (Lipinski definition) is 1. The van der Waals surface area contributed by atoms with E-state index in [0.717, 1.165) is 0 Å². The van der Waals surface area contributed by atoms with Crippen molar-refractivity contribution in [3.8, 4) is 0 Å². The van der Waals surface area contributed by atoms with E-state index in [0.29, 0.717) is 0 Å². The standard InChI is InChI=1S/C6H6.C3H4N2.2H2O/c1-2-4-6-5-3-1;1-2-5-3-4-1;;/h1-6H;1-3H,(H,4,5);2*1H2. The van der Waals surface area contributed by atoms with Crippen molar-refractivity contribution < 1.29 is 11.0 Å². The van der Waals surface area contributed by atoms with Crippen LogP contribution in [0.4, 0.5) is 0 Å². The number of imidazole rings is 1. The number of H-pyrrole nitrogens is 1. The molecule has 5 N–H and O–H groups in total. The zero-order valence-corrected chi connectivity index (χ0v) is 7.14. The summed E-state index contributed by atoms with van der Waals surface area (Å²) < 4.78 is 0. The summed E-state index contributed by atoms with van der Waals surface area (Å²) in [4.78, 5) is 6.42. The maximum absolute atomic E-state index is 3.67. The number of aromatic nitrogens is 2. The predicted octanol–water partition coefficient (Wildman–Crippen LogP) is 0.447. The van der Waals surface area contributed by atoms with Gasteiger partial charge in [-0.25, -0.2) is 4.98 Å². The maximum Gasteiger partial charge on any atom is 0.0919 e. The molecule has 4 heteroatoms. The van der Waals surface area contributed by atoms with Gasteiger partial charge in [-0.3, -0.25) is 0 Å². The lowest BCUT2D eigenvalue weighted by molar-refractivity contribution is 0.823. The highest BCUT2D eigenvalue weighted by molar-refractivity contribution is 4.99. The van der Waals surface area contributed by atoms with Gasteiger partial charge in [-0.15, -0.1) is 0 Å². The molecule has 2 aromatic rings. The van der Waals surface area contributed by atoms with E-state index in [-0.39, 0.29) is 11.0 Å². The molecule has 0 radical (unpaired) electrons. The van der Waals surface area contributed by atoms with E-state index < -0.39 is 0 Å². The Labute approximate surface area is 76.9 Å². The van der Waals surface area contributed by atoms with E-state index in [1.807, 2.05) is 36.4 Å². The largest absolute Gasteiger partial charge is 0.412 e. The lowest BCUT2D eigenvalue weighted by atomic mass is 10.4. The fourth-order valence-electron chi connectivity index (χ4n) is 0.600. The summed E-state index contributed by atoms with van der Waals surface area (Å²) in [5.41, 5.74) is 0. The smallest absolute Gasteiger partial charge is 0.0919 e. The Balaban J connectivity index is 0. The predicted molar refractivity (Wildman–Crippen MR) is 52.3 cm³/mol. The van der Waals surface area contributed by atoms with Gasteiger partial charge in [0, 0.05) is 12.4 Å². The molecule has 0 atom stereocenters. The second kappa shape index (κ2) is 10.3. The van der Waals surface area contributed by atoms with Crippen LogP contribution in [0.25, 0.3) is 0 Å². The molecule has 1 heterocycles. The Morgan fingerprint density at radius 2 is 1.23 bits per heavy atom. The molecule has 2 rings (SSSR count). The molecule has 0 aliphatic rings. The van der Waals surface area contributed by atoms with E-state index in [2.05, 4.69) is 9.97 Å². The molecule has 1 aromatic carbocycles. The minimum atomic E-state index is 0. The number of nitrogens with zero attached hydrogens (tertiary/aromatic N) is 1. The van der Waals surface area contributed by atoms with E-state index >= 15 is 0 Å². The molecule has 0 amide bonds. The first-order valence-corrected chi connectivity index (χ1v) is 3.43. The molecular formula is C9H14N2O2. The van der Waals surface area contributed by atoms with Crippen molar-refractivity contribution in [1.29, 1.82) is 0 Å². The Morgan fingerprint density at radius 3 is 1.38 bits per heavy atom. The summed E-state index contributed by atoms with van der Waals surface area (Å²) in [5.74, 6) is 0. The fraction of sp³-hybridized carbons (Fsp3) is 0. The molecular weight excluding hydrogens is 168 g/mol. The first-order chi connectivity index (χ1) is 5.50. The molecule has 72 valence electrons. The third kappa shape index (κ3) is 8.25. The molecule has 0 fully saturated rings. The van der Waals surface area contributed by atoms with Crippen molar-refractivity contribution in [2.75, 3.05) is 0 Å². The Hall–Kier alpha value is -1.65. The summed E-state index contributed by atoms with van der Waals surface area (Å²) >= 11 is 0. The van der Waals surface area contributed by atoms with Gasteiger partial charge in [0.1, 0.15) is 0 Å². The Bertz CT molecular complexity index is 201. The number of hydrogen-bond acceptors (Lipinski definition) is 1. The van der Waals surface area contributed by atoms with Crippen molar-refractivity contribution >= 4 is 0 Å². The quantitative estimate of drug-likeness (QED) is 0.629. The molecule has 0 bridgehead atoms. The van der Waals surface area contributed by atoms with Crippen molar-refractivity contribution in [2.24, 2.45) is 0 Å². The van der Waals surface area contributed by atoms with Crippen LogP contribution in [-0.2, 0) is 0 Å². The van der Waals surface area contributed by atoms with Crippen molar-refractivity contribution in [1.82, 2.24) is 9.97 Å². The van der Waals surface area contributed by atoms with Gasteiger partial charge in [-0.1, -0.05) is 36.4 Å². The topological polar surface area (TPSA) is 91.7 Å². The van der Waals surface area contributed by atoms with Crippen molar-refractivity contribution in [3.63, 3.8) is 0 Å². The first-order valence-electron chi connectivity index (χ1n) is 3.43. The minimum Gasteiger partial charge on any atom is -0.412 e. The van der Waals surface area contributed by atoms with Gasteiger partial charge in [0.05, 0.1) is 6.33 Å². The van der Waals surface area contributed by atoms with Gasteiger partial charge in [0.2, 0.25) is 0 Å². The monoisotopic (exact) mass is 182 g/mol. The van der Waals surface area contributed by atoms with Crippen LogP contribution in [0.2, 0.25) is 0 Å². The van der Waals surface area contributed by atoms with Crippen LogP contribution in [-0.4, -0.2) is 20.9 Å². The van der Waals surface area contributed by atoms with Crippen molar-refractivity contribution in [2.45, 2.75) is 0 Å². The Morgan fingerprint density at radius 1 is 0.769 bits per heavy atom. The van der Waals surface area contributed by atoms with Gasteiger partial charge in [0.15, 0.2) is 0 Å².